The van der Waals surface area contributed by atoms with Crippen molar-refractivity contribution < 1.29 is 13.9 Å². The molecule has 1 N–H and O–H groups in total. The van der Waals surface area contributed by atoms with Crippen molar-refractivity contribution >= 4 is 17.6 Å². The van der Waals surface area contributed by atoms with Gasteiger partial charge in [0, 0.05) is 12.2 Å². The first-order chi connectivity index (χ1) is 15.0. The number of rotatable bonds is 9. The Balaban J connectivity index is 1.89. The van der Waals surface area contributed by atoms with Gasteiger partial charge in [0.15, 0.2) is 0 Å². The van der Waals surface area contributed by atoms with E-state index in [0.717, 1.165) is 16.7 Å². The van der Waals surface area contributed by atoms with Gasteiger partial charge in [0.05, 0.1) is 6.61 Å². The van der Waals surface area contributed by atoms with Crippen molar-refractivity contribution in [3.63, 3.8) is 0 Å². The third kappa shape index (κ3) is 6.36. The molecule has 0 unspecified atom stereocenters. The molecule has 162 valence electrons. The molecule has 0 saturated carbocycles. The van der Waals surface area contributed by atoms with Gasteiger partial charge >= 0.3 is 5.97 Å². The topological polar surface area (TPSA) is 51.2 Å². The summed E-state index contributed by atoms with van der Waals surface area (Å²) >= 11 is 5.89. The molecule has 0 saturated heterocycles. The van der Waals surface area contributed by atoms with E-state index in [1.807, 2.05) is 42.5 Å². The largest absolute Gasteiger partial charge is 0.465 e. The smallest absolute Gasteiger partial charge is 0.327 e. The Kier molecular flexibility index (Phi) is 8.15. The molecule has 0 aliphatic carbocycles. The van der Waals surface area contributed by atoms with Gasteiger partial charge in [0.1, 0.15) is 17.0 Å². The van der Waals surface area contributed by atoms with Crippen molar-refractivity contribution in [1.29, 1.82) is 0 Å². The molecular formula is C25H26ClFN2O2. The number of nitrogens with one attached hydrogen (secondary N) is 1. The number of carbonyl (C=O) groups excluding carboxylic acids is 1. The average Bonchev–Trinajstić information content (AvgIpc) is 2.78. The Bertz CT molecular complexity index is 996. The molecule has 1 aromatic heterocycles. The van der Waals surface area contributed by atoms with Gasteiger partial charge in [-0.3, -0.25) is 5.32 Å². The summed E-state index contributed by atoms with van der Waals surface area (Å²) in [5.74, 6) is -0.597. The maximum atomic E-state index is 13.9. The third-order valence-electron chi connectivity index (χ3n) is 5.12. The quantitative estimate of drug-likeness (QED) is 0.340. The van der Waals surface area contributed by atoms with Gasteiger partial charge in [-0.2, -0.15) is 0 Å². The zero-order chi connectivity index (χ0) is 22.2. The third-order valence-corrected chi connectivity index (χ3v) is 5.34. The number of hydrogen-bond donors (Lipinski definition) is 1. The number of carbonyl (C=O) groups is 1. The molecule has 0 bridgehead atoms. The molecule has 0 radical (unpaired) electrons. The van der Waals surface area contributed by atoms with Crippen LogP contribution in [-0.2, 0) is 16.0 Å². The van der Waals surface area contributed by atoms with Crippen molar-refractivity contribution in [3.05, 3.63) is 100 Å². The molecule has 3 rings (SSSR count). The van der Waals surface area contributed by atoms with E-state index in [1.54, 1.807) is 32.2 Å². The van der Waals surface area contributed by atoms with E-state index in [0.29, 0.717) is 30.2 Å². The van der Waals surface area contributed by atoms with Crippen molar-refractivity contribution in [2.75, 3.05) is 6.61 Å². The lowest BCUT2D eigenvalue weighted by Gasteiger charge is -2.26. The number of aromatic nitrogens is 1. The van der Waals surface area contributed by atoms with Crippen LogP contribution < -0.4 is 5.32 Å². The standard InChI is InChI=1S/C25H26ClFN2O2/c1-3-31-25(30)24(19-7-5-4-6-8-19)29-22(20-11-12-21(27)17(2)15-20)13-9-18-10-14-23(26)28-16-18/h4-8,10-12,14-16,22,24,29H,3,9,13H2,1-2H3/t22-,24+/m1/s1. The lowest BCUT2D eigenvalue weighted by Crippen LogP contribution is -2.33. The van der Waals surface area contributed by atoms with Crippen molar-refractivity contribution in [2.24, 2.45) is 0 Å². The maximum Gasteiger partial charge on any atom is 0.327 e. The van der Waals surface area contributed by atoms with Crippen LogP contribution in [-0.4, -0.2) is 17.6 Å². The van der Waals surface area contributed by atoms with E-state index in [1.165, 1.54) is 6.07 Å². The van der Waals surface area contributed by atoms with Crippen LogP contribution in [0.1, 0.15) is 47.7 Å². The Morgan fingerprint density at radius 2 is 1.90 bits per heavy atom. The molecule has 0 fully saturated rings. The van der Waals surface area contributed by atoms with E-state index in [2.05, 4.69) is 10.3 Å². The zero-order valence-electron chi connectivity index (χ0n) is 17.6. The number of nitrogens with zero attached hydrogens (tertiary/aromatic N) is 1. The lowest BCUT2D eigenvalue weighted by atomic mass is 9.96. The minimum absolute atomic E-state index is 0.204. The summed E-state index contributed by atoms with van der Waals surface area (Å²) in [6.07, 6.45) is 3.13. The van der Waals surface area contributed by atoms with Crippen LogP contribution in [0.4, 0.5) is 4.39 Å². The number of halogens is 2. The van der Waals surface area contributed by atoms with Gasteiger partial charge in [-0.05, 0) is 61.1 Å². The first kappa shape index (κ1) is 22.9. The number of ether oxygens (including phenoxy) is 1. The monoisotopic (exact) mass is 440 g/mol. The van der Waals surface area contributed by atoms with Crippen LogP contribution >= 0.6 is 11.6 Å². The summed E-state index contributed by atoms with van der Waals surface area (Å²) in [5.41, 5.74) is 3.32. The number of benzene rings is 2. The van der Waals surface area contributed by atoms with Crippen molar-refractivity contribution in [1.82, 2.24) is 10.3 Å². The van der Waals surface area contributed by atoms with Crippen LogP contribution in [0.3, 0.4) is 0 Å². The minimum atomic E-state index is -0.639. The maximum absolute atomic E-state index is 13.9. The molecule has 2 atom stereocenters. The first-order valence-electron chi connectivity index (χ1n) is 10.3. The highest BCUT2D eigenvalue weighted by molar-refractivity contribution is 6.29. The SMILES string of the molecule is CCOC(=O)[C@@H](N[C@H](CCc1ccc(Cl)nc1)c1ccc(F)c(C)c1)c1ccccc1. The number of esters is 1. The molecule has 2 aromatic carbocycles. The fourth-order valence-electron chi connectivity index (χ4n) is 3.47. The molecule has 0 aliphatic rings. The van der Waals surface area contributed by atoms with Gasteiger partial charge < -0.3 is 4.74 Å². The molecule has 1 heterocycles. The summed E-state index contributed by atoms with van der Waals surface area (Å²) in [6.45, 7) is 3.81. The minimum Gasteiger partial charge on any atom is -0.465 e. The number of aryl methyl sites for hydroxylation is 2. The highest BCUT2D eigenvalue weighted by Gasteiger charge is 2.26. The molecule has 3 aromatic rings. The van der Waals surface area contributed by atoms with Crippen LogP contribution in [0.25, 0.3) is 0 Å². The Morgan fingerprint density at radius 1 is 1.13 bits per heavy atom. The Hall–Kier alpha value is -2.76. The summed E-state index contributed by atoms with van der Waals surface area (Å²) in [4.78, 5) is 16.9. The van der Waals surface area contributed by atoms with E-state index >= 15 is 0 Å². The molecule has 0 spiro atoms. The second-order valence-electron chi connectivity index (χ2n) is 7.35. The summed E-state index contributed by atoms with van der Waals surface area (Å²) in [7, 11) is 0. The Labute approximate surface area is 187 Å². The Morgan fingerprint density at radius 3 is 2.55 bits per heavy atom. The van der Waals surface area contributed by atoms with Crippen LogP contribution in [0.15, 0.2) is 66.9 Å². The molecule has 6 heteroatoms. The molecule has 0 amide bonds. The first-order valence-corrected chi connectivity index (χ1v) is 10.7. The molecule has 0 aliphatic heterocycles. The zero-order valence-corrected chi connectivity index (χ0v) is 18.4. The van der Waals surface area contributed by atoms with Gasteiger partial charge in [-0.1, -0.05) is 60.1 Å². The van der Waals surface area contributed by atoms with Gasteiger partial charge in [-0.15, -0.1) is 0 Å². The van der Waals surface area contributed by atoms with Gasteiger partial charge in [-0.25, -0.2) is 14.2 Å². The predicted molar refractivity (Wildman–Crippen MR) is 120 cm³/mol. The summed E-state index contributed by atoms with van der Waals surface area (Å²) in [6, 6.07) is 17.4. The predicted octanol–water partition coefficient (Wildman–Crippen LogP) is 5.75. The van der Waals surface area contributed by atoms with Gasteiger partial charge in [0.25, 0.3) is 0 Å². The second-order valence-corrected chi connectivity index (χ2v) is 7.74. The second kappa shape index (κ2) is 11.0. The van der Waals surface area contributed by atoms with Crippen molar-refractivity contribution in [2.45, 2.75) is 38.8 Å². The number of hydrogen-bond acceptors (Lipinski definition) is 4. The van der Waals surface area contributed by atoms with Crippen LogP contribution in [0.2, 0.25) is 5.15 Å². The molecule has 31 heavy (non-hydrogen) atoms. The number of pyridine rings is 1. The lowest BCUT2D eigenvalue weighted by molar-refractivity contribution is -0.146. The highest BCUT2D eigenvalue weighted by Crippen LogP contribution is 2.26. The van der Waals surface area contributed by atoms with E-state index in [-0.39, 0.29) is 17.8 Å². The molecule has 4 nitrogen and oxygen atoms in total. The van der Waals surface area contributed by atoms with Crippen molar-refractivity contribution in [3.8, 4) is 0 Å². The van der Waals surface area contributed by atoms with E-state index in [9.17, 15) is 9.18 Å². The fraction of sp³-hybridized carbons (Fsp3) is 0.280. The normalized spacial score (nSPS) is 12.9. The highest BCUT2D eigenvalue weighted by atomic mass is 35.5. The van der Waals surface area contributed by atoms with Crippen LogP contribution in [0, 0.1) is 12.7 Å². The average molecular weight is 441 g/mol. The van der Waals surface area contributed by atoms with E-state index in [4.69, 9.17) is 16.3 Å². The molecular weight excluding hydrogens is 415 g/mol. The van der Waals surface area contributed by atoms with Gasteiger partial charge in [0.2, 0.25) is 0 Å². The summed E-state index contributed by atoms with van der Waals surface area (Å²) < 4.78 is 19.2. The van der Waals surface area contributed by atoms with Crippen LogP contribution in [0.5, 0.6) is 0 Å². The van der Waals surface area contributed by atoms with E-state index < -0.39 is 6.04 Å². The fourth-order valence-corrected chi connectivity index (χ4v) is 3.58. The summed E-state index contributed by atoms with van der Waals surface area (Å²) in [5, 5.41) is 3.90.